The van der Waals surface area contributed by atoms with Crippen LogP contribution in [0, 0.1) is 17.5 Å². The molecule has 0 aliphatic rings. The zero-order chi connectivity index (χ0) is 8.43. The van der Waals surface area contributed by atoms with E-state index in [0.717, 1.165) is 6.07 Å². The number of hydrogen-bond donors (Lipinski definition) is 1. The Bertz CT molecular complexity index is 273. The predicted molar refractivity (Wildman–Crippen MR) is 32.2 cm³/mol. The van der Waals surface area contributed by atoms with Crippen LogP contribution in [-0.4, -0.2) is 5.11 Å². The molecule has 4 heteroatoms. The van der Waals surface area contributed by atoms with Crippen molar-refractivity contribution in [3.05, 3.63) is 35.1 Å². The van der Waals surface area contributed by atoms with E-state index in [1.807, 2.05) is 0 Å². The fourth-order valence-electron chi connectivity index (χ4n) is 0.724. The summed E-state index contributed by atoms with van der Waals surface area (Å²) in [7, 11) is 0. The van der Waals surface area contributed by atoms with E-state index in [9.17, 15) is 13.2 Å². The Morgan fingerprint density at radius 3 is 2.36 bits per heavy atom. The van der Waals surface area contributed by atoms with Crippen LogP contribution in [0.2, 0.25) is 0 Å². The summed E-state index contributed by atoms with van der Waals surface area (Å²) >= 11 is 0. The molecular formula is C7H5F3O. The van der Waals surface area contributed by atoms with E-state index in [-0.39, 0.29) is 5.56 Å². The van der Waals surface area contributed by atoms with E-state index in [1.54, 1.807) is 0 Å². The first-order chi connectivity index (χ1) is 5.15. The van der Waals surface area contributed by atoms with E-state index >= 15 is 0 Å². The third-order valence-corrected chi connectivity index (χ3v) is 1.24. The fraction of sp³-hybridized carbons (Fsp3) is 0.143. The Labute approximate surface area is 61.1 Å². The van der Waals surface area contributed by atoms with Crippen molar-refractivity contribution >= 4 is 0 Å². The number of aliphatic hydroxyl groups is 1. The SMILES string of the molecule is OCc1cc(F)cc(F)c1F. The highest BCUT2D eigenvalue weighted by Crippen LogP contribution is 2.13. The molecule has 1 aromatic rings. The van der Waals surface area contributed by atoms with Crippen LogP contribution in [0.5, 0.6) is 0 Å². The summed E-state index contributed by atoms with van der Waals surface area (Å²) in [4.78, 5) is 0. The first kappa shape index (κ1) is 8.07. The molecule has 0 spiro atoms. The Balaban J connectivity index is 3.24. The molecule has 0 aliphatic heterocycles. The van der Waals surface area contributed by atoms with E-state index < -0.39 is 24.1 Å². The molecule has 1 nitrogen and oxygen atoms in total. The van der Waals surface area contributed by atoms with Gasteiger partial charge >= 0.3 is 0 Å². The van der Waals surface area contributed by atoms with Crippen LogP contribution in [0.25, 0.3) is 0 Å². The van der Waals surface area contributed by atoms with Crippen molar-refractivity contribution in [2.24, 2.45) is 0 Å². The van der Waals surface area contributed by atoms with Gasteiger partial charge in [0, 0.05) is 11.6 Å². The molecule has 0 bridgehead atoms. The molecule has 0 saturated heterocycles. The summed E-state index contributed by atoms with van der Waals surface area (Å²) in [5.74, 6) is -3.38. The first-order valence-electron chi connectivity index (χ1n) is 2.89. The van der Waals surface area contributed by atoms with E-state index in [0.29, 0.717) is 6.07 Å². The van der Waals surface area contributed by atoms with Gasteiger partial charge in [-0.3, -0.25) is 0 Å². The average Bonchev–Trinajstić information content (AvgIpc) is 1.96. The highest BCUT2D eigenvalue weighted by molar-refractivity contribution is 5.19. The van der Waals surface area contributed by atoms with Crippen molar-refractivity contribution in [1.29, 1.82) is 0 Å². The smallest absolute Gasteiger partial charge is 0.164 e. The highest BCUT2D eigenvalue weighted by atomic mass is 19.2. The molecule has 0 amide bonds. The minimum Gasteiger partial charge on any atom is -0.392 e. The molecule has 0 atom stereocenters. The Kier molecular flexibility index (Phi) is 2.14. The minimum atomic E-state index is -1.28. The van der Waals surface area contributed by atoms with Gasteiger partial charge in [-0.05, 0) is 6.07 Å². The van der Waals surface area contributed by atoms with Gasteiger partial charge < -0.3 is 5.11 Å². The lowest BCUT2D eigenvalue weighted by Crippen LogP contribution is -1.95. The van der Waals surface area contributed by atoms with Crippen molar-refractivity contribution in [3.63, 3.8) is 0 Å². The second kappa shape index (κ2) is 2.92. The molecule has 0 aromatic heterocycles. The van der Waals surface area contributed by atoms with Gasteiger partial charge in [0.25, 0.3) is 0 Å². The molecule has 1 rings (SSSR count). The van der Waals surface area contributed by atoms with Crippen molar-refractivity contribution < 1.29 is 18.3 Å². The second-order valence-corrected chi connectivity index (χ2v) is 2.02. The van der Waals surface area contributed by atoms with Gasteiger partial charge in [0.1, 0.15) is 5.82 Å². The van der Waals surface area contributed by atoms with Crippen molar-refractivity contribution in [2.75, 3.05) is 0 Å². The van der Waals surface area contributed by atoms with Gasteiger partial charge in [-0.25, -0.2) is 13.2 Å². The standard InChI is InChI=1S/C7H5F3O/c8-5-1-4(3-11)7(10)6(9)2-5/h1-2,11H,3H2. The van der Waals surface area contributed by atoms with Crippen molar-refractivity contribution in [3.8, 4) is 0 Å². The number of benzene rings is 1. The van der Waals surface area contributed by atoms with Crippen LogP contribution in [0.4, 0.5) is 13.2 Å². The van der Waals surface area contributed by atoms with E-state index in [1.165, 1.54) is 0 Å². The second-order valence-electron chi connectivity index (χ2n) is 2.02. The zero-order valence-corrected chi connectivity index (χ0v) is 5.44. The number of hydrogen-bond acceptors (Lipinski definition) is 1. The summed E-state index contributed by atoms with van der Waals surface area (Å²) in [6.07, 6.45) is 0. The molecule has 0 unspecified atom stereocenters. The van der Waals surface area contributed by atoms with Gasteiger partial charge in [0.05, 0.1) is 6.61 Å². The number of rotatable bonds is 1. The number of halogens is 3. The summed E-state index contributed by atoms with van der Waals surface area (Å²) in [6.45, 7) is -0.708. The molecule has 1 N–H and O–H groups in total. The third kappa shape index (κ3) is 1.51. The van der Waals surface area contributed by atoms with Gasteiger partial charge in [-0.2, -0.15) is 0 Å². The zero-order valence-electron chi connectivity index (χ0n) is 5.44. The normalized spacial score (nSPS) is 10.2. The fourth-order valence-corrected chi connectivity index (χ4v) is 0.724. The van der Waals surface area contributed by atoms with Crippen molar-refractivity contribution in [2.45, 2.75) is 6.61 Å². The Morgan fingerprint density at radius 1 is 1.18 bits per heavy atom. The summed E-state index contributed by atoms with van der Waals surface area (Å²) in [6, 6.07) is 1.17. The van der Waals surface area contributed by atoms with Crippen LogP contribution >= 0.6 is 0 Å². The van der Waals surface area contributed by atoms with Crippen LogP contribution in [0.1, 0.15) is 5.56 Å². The lowest BCUT2D eigenvalue weighted by molar-refractivity contribution is 0.272. The lowest BCUT2D eigenvalue weighted by atomic mass is 10.2. The quantitative estimate of drug-likeness (QED) is 0.622. The van der Waals surface area contributed by atoms with Gasteiger partial charge in [0.15, 0.2) is 11.6 Å². The van der Waals surface area contributed by atoms with Gasteiger partial charge in [0.2, 0.25) is 0 Å². The molecule has 0 radical (unpaired) electrons. The monoisotopic (exact) mass is 162 g/mol. The maximum atomic E-state index is 12.5. The molecule has 1 aromatic carbocycles. The van der Waals surface area contributed by atoms with E-state index in [4.69, 9.17) is 5.11 Å². The Morgan fingerprint density at radius 2 is 1.82 bits per heavy atom. The predicted octanol–water partition coefficient (Wildman–Crippen LogP) is 1.60. The third-order valence-electron chi connectivity index (χ3n) is 1.24. The van der Waals surface area contributed by atoms with Crippen LogP contribution in [-0.2, 0) is 6.61 Å². The molecule has 0 heterocycles. The van der Waals surface area contributed by atoms with Gasteiger partial charge in [-0.15, -0.1) is 0 Å². The summed E-state index contributed by atoms with van der Waals surface area (Å²) < 4.78 is 37.1. The molecule has 0 aliphatic carbocycles. The Hall–Kier alpha value is -1.03. The summed E-state index contributed by atoms with van der Waals surface area (Å²) in [5.41, 5.74) is -0.373. The summed E-state index contributed by atoms with van der Waals surface area (Å²) in [5, 5.41) is 8.39. The highest BCUT2D eigenvalue weighted by Gasteiger charge is 2.09. The van der Waals surface area contributed by atoms with Gasteiger partial charge in [-0.1, -0.05) is 0 Å². The van der Waals surface area contributed by atoms with Crippen molar-refractivity contribution in [1.82, 2.24) is 0 Å². The van der Waals surface area contributed by atoms with Crippen LogP contribution < -0.4 is 0 Å². The molecule has 0 fully saturated rings. The molecule has 0 saturated carbocycles. The van der Waals surface area contributed by atoms with Crippen LogP contribution in [0.3, 0.4) is 0 Å². The maximum Gasteiger partial charge on any atom is 0.164 e. The lowest BCUT2D eigenvalue weighted by Gasteiger charge is -1.99. The van der Waals surface area contributed by atoms with Crippen LogP contribution in [0.15, 0.2) is 12.1 Å². The minimum absolute atomic E-state index is 0.373. The molecule has 60 valence electrons. The first-order valence-corrected chi connectivity index (χ1v) is 2.89. The molecular weight excluding hydrogens is 157 g/mol. The maximum absolute atomic E-state index is 12.5. The topological polar surface area (TPSA) is 20.2 Å². The average molecular weight is 162 g/mol. The molecule has 11 heavy (non-hydrogen) atoms. The number of aliphatic hydroxyl groups excluding tert-OH is 1. The van der Waals surface area contributed by atoms with E-state index in [2.05, 4.69) is 0 Å². The largest absolute Gasteiger partial charge is 0.392 e.